The van der Waals surface area contributed by atoms with Crippen molar-refractivity contribution in [2.24, 2.45) is 0 Å². The number of hydrogen-bond acceptors (Lipinski definition) is 2. The van der Waals surface area contributed by atoms with Crippen LogP contribution in [0, 0.1) is 5.82 Å². The van der Waals surface area contributed by atoms with E-state index in [1.54, 1.807) is 0 Å². The highest BCUT2D eigenvalue weighted by Crippen LogP contribution is 2.47. The Labute approximate surface area is 97.2 Å². The van der Waals surface area contributed by atoms with Crippen molar-refractivity contribution >= 4 is 17.4 Å². The minimum atomic E-state index is -5.67. The van der Waals surface area contributed by atoms with Crippen molar-refractivity contribution in [3.63, 3.8) is 0 Å². The van der Waals surface area contributed by atoms with Gasteiger partial charge in [-0.1, -0.05) is 0 Å². The van der Waals surface area contributed by atoms with Gasteiger partial charge < -0.3 is 5.32 Å². The molecule has 1 aromatic rings. The van der Waals surface area contributed by atoms with Gasteiger partial charge in [-0.3, -0.25) is 0 Å². The summed E-state index contributed by atoms with van der Waals surface area (Å²) in [5.41, 5.74) is 0.0182. The number of alkyl halides is 5. The number of thioether (sulfide) groups is 1. The highest BCUT2D eigenvalue weighted by Gasteiger charge is 2.58. The molecule has 0 radical (unpaired) electrons. The van der Waals surface area contributed by atoms with E-state index in [2.05, 4.69) is 5.32 Å². The lowest BCUT2D eigenvalue weighted by molar-refractivity contribution is -0.237. The fourth-order valence-corrected chi connectivity index (χ4v) is 1.68. The predicted octanol–water partition coefficient (Wildman–Crippen LogP) is 4.11. The largest absolute Gasteiger partial charge is 0.464 e. The van der Waals surface area contributed by atoms with Gasteiger partial charge in [0.25, 0.3) is 0 Å². The molecule has 0 aliphatic heterocycles. The zero-order valence-corrected chi connectivity index (χ0v) is 9.22. The van der Waals surface area contributed by atoms with E-state index in [4.69, 9.17) is 0 Å². The molecule has 1 nitrogen and oxygen atoms in total. The fraction of sp³-hybridized carbons (Fsp3) is 0.333. The van der Waals surface area contributed by atoms with E-state index in [0.717, 1.165) is 12.1 Å². The molecule has 0 aromatic heterocycles. The van der Waals surface area contributed by atoms with E-state index in [1.807, 2.05) is 0 Å². The SMILES string of the molecule is CNc1ccc(SC(F)(F)C(F)(F)F)cc1F. The predicted molar refractivity (Wildman–Crippen MR) is 52.8 cm³/mol. The summed E-state index contributed by atoms with van der Waals surface area (Å²) in [5.74, 6) is -0.893. The summed E-state index contributed by atoms with van der Waals surface area (Å²) in [4.78, 5) is -0.496. The summed E-state index contributed by atoms with van der Waals surface area (Å²) in [6, 6.07) is 2.69. The third kappa shape index (κ3) is 3.21. The second kappa shape index (κ2) is 4.67. The van der Waals surface area contributed by atoms with E-state index < -0.39 is 33.9 Å². The molecule has 0 aliphatic rings. The normalized spacial score (nSPS) is 12.6. The molecule has 17 heavy (non-hydrogen) atoms. The molecule has 1 N–H and O–H groups in total. The molecule has 0 saturated carbocycles. The third-order valence-corrected chi connectivity index (χ3v) is 2.76. The Morgan fingerprint density at radius 1 is 1.12 bits per heavy atom. The molecule has 0 amide bonds. The maximum absolute atomic E-state index is 13.1. The number of halogens is 6. The van der Waals surface area contributed by atoms with E-state index in [9.17, 15) is 26.3 Å². The topological polar surface area (TPSA) is 12.0 Å². The Balaban J connectivity index is 2.93. The molecule has 0 unspecified atom stereocenters. The van der Waals surface area contributed by atoms with Crippen LogP contribution in [-0.4, -0.2) is 18.5 Å². The smallest absolute Gasteiger partial charge is 0.386 e. The molecule has 1 rings (SSSR count). The van der Waals surface area contributed by atoms with Crippen molar-refractivity contribution in [2.45, 2.75) is 16.3 Å². The molecule has 0 atom stereocenters. The first-order chi connectivity index (χ1) is 7.67. The van der Waals surface area contributed by atoms with Crippen molar-refractivity contribution < 1.29 is 26.3 Å². The first-order valence-electron chi connectivity index (χ1n) is 4.28. The van der Waals surface area contributed by atoms with Crippen molar-refractivity contribution in [2.75, 3.05) is 12.4 Å². The van der Waals surface area contributed by atoms with Gasteiger partial charge in [-0.2, -0.15) is 22.0 Å². The van der Waals surface area contributed by atoms with Crippen LogP contribution >= 0.6 is 11.8 Å². The van der Waals surface area contributed by atoms with Gasteiger partial charge in [-0.25, -0.2) is 4.39 Å². The summed E-state index contributed by atoms with van der Waals surface area (Å²) in [6.07, 6.45) is -5.67. The van der Waals surface area contributed by atoms with Gasteiger partial charge in [0, 0.05) is 11.9 Å². The first-order valence-corrected chi connectivity index (χ1v) is 5.10. The minimum Gasteiger partial charge on any atom is -0.386 e. The van der Waals surface area contributed by atoms with Crippen LogP contribution in [0.2, 0.25) is 0 Å². The van der Waals surface area contributed by atoms with Gasteiger partial charge in [0.1, 0.15) is 5.82 Å². The fourth-order valence-electron chi connectivity index (χ4n) is 0.968. The van der Waals surface area contributed by atoms with Crippen LogP contribution in [0.4, 0.5) is 32.0 Å². The second-order valence-corrected chi connectivity index (χ2v) is 4.20. The lowest BCUT2D eigenvalue weighted by Gasteiger charge is -2.18. The highest BCUT2D eigenvalue weighted by molar-refractivity contribution is 8.00. The van der Waals surface area contributed by atoms with Crippen molar-refractivity contribution in [1.82, 2.24) is 0 Å². The Bertz CT molecular complexity index is 403. The molecule has 8 heteroatoms. The molecule has 0 aliphatic carbocycles. The van der Waals surface area contributed by atoms with Crippen molar-refractivity contribution in [3.8, 4) is 0 Å². The molecule has 0 spiro atoms. The maximum atomic E-state index is 13.1. The van der Waals surface area contributed by atoms with E-state index >= 15 is 0 Å². The molecule has 1 aromatic carbocycles. The van der Waals surface area contributed by atoms with Crippen LogP contribution in [0.15, 0.2) is 23.1 Å². The lowest BCUT2D eigenvalue weighted by atomic mass is 10.3. The average molecular weight is 275 g/mol. The van der Waals surface area contributed by atoms with E-state index in [0.29, 0.717) is 6.07 Å². The van der Waals surface area contributed by atoms with Gasteiger partial charge in [0.05, 0.1) is 5.69 Å². The Morgan fingerprint density at radius 3 is 2.12 bits per heavy atom. The Kier molecular flexibility index (Phi) is 3.85. The second-order valence-electron chi connectivity index (χ2n) is 3.01. The van der Waals surface area contributed by atoms with Gasteiger partial charge in [0.15, 0.2) is 0 Å². The van der Waals surface area contributed by atoms with Crippen LogP contribution in [0.25, 0.3) is 0 Å². The molecule has 0 saturated heterocycles. The highest BCUT2D eigenvalue weighted by atomic mass is 32.2. The van der Waals surface area contributed by atoms with Crippen LogP contribution in [0.5, 0.6) is 0 Å². The number of rotatable bonds is 3. The van der Waals surface area contributed by atoms with E-state index in [1.165, 1.54) is 7.05 Å². The van der Waals surface area contributed by atoms with Gasteiger partial charge in [-0.05, 0) is 30.0 Å². The van der Waals surface area contributed by atoms with Crippen LogP contribution in [0.3, 0.4) is 0 Å². The number of anilines is 1. The summed E-state index contributed by atoms with van der Waals surface area (Å²) in [6.45, 7) is 0. The van der Waals surface area contributed by atoms with Gasteiger partial charge in [0.2, 0.25) is 0 Å². The zero-order valence-electron chi connectivity index (χ0n) is 8.41. The van der Waals surface area contributed by atoms with Crippen LogP contribution in [0.1, 0.15) is 0 Å². The summed E-state index contributed by atoms with van der Waals surface area (Å²) in [7, 11) is 1.40. The summed E-state index contributed by atoms with van der Waals surface area (Å²) >= 11 is -0.740. The van der Waals surface area contributed by atoms with Crippen molar-refractivity contribution in [3.05, 3.63) is 24.0 Å². The average Bonchev–Trinajstić information content (AvgIpc) is 2.15. The minimum absolute atomic E-state index is 0.0182. The first kappa shape index (κ1) is 14.0. The zero-order chi connectivity index (χ0) is 13.3. The maximum Gasteiger partial charge on any atom is 0.464 e. The molecule has 0 fully saturated rings. The molecule has 0 heterocycles. The van der Waals surface area contributed by atoms with Crippen LogP contribution in [-0.2, 0) is 0 Å². The quantitative estimate of drug-likeness (QED) is 0.658. The molecular weight excluding hydrogens is 268 g/mol. The molecule has 0 bridgehead atoms. The van der Waals surface area contributed by atoms with E-state index in [-0.39, 0.29) is 5.69 Å². The number of benzene rings is 1. The summed E-state index contributed by atoms with van der Waals surface area (Å²) < 4.78 is 74.0. The summed E-state index contributed by atoms with van der Waals surface area (Å²) in [5, 5.41) is -2.52. The lowest BCUT2D eigenvalue weighted by Crippen LogP contribution is -2.32. The van der Waals surface area contributed by atoms with Gasteiger partial charge in [-0.15, -0.1) is 0 Å². The number of hydrogen-bond donors (Lipinski definition) is 1. The molecular formula is C9H7F6NS. The third-order valence-electron chi connectivity index (χ3n) is 1.79. The Hall–Kier alpha value is -1.05. The van der Waals surface area contributed by atoms with Crippen molar-refractivity contribution in [1.29, 1.82) is 0 Å². The standard InChI is InChI=1S/C9H7F6NS/c1-16-7-3-2-5(4-6(7)10)17-9(14,15)8(11,12)13/h2-4,16H,1H3. The van der Waals surface area contributed by atoms with Crippen LogP contribution < -0.4 is 5.32 Å². The number of nitrogens with one attached hydrogen (secondary N) is 1. The monoisotopic (exact) mass is 275 g/mol. The molecule has 96 valence electrons. The Morgan fingerprint density at radius 2 is 1.71 bits per heavy atom. The van der Waals surface area contributed by atoms with Gasteiger partial charge >= 0.3 is 11.4 Å².